The van der Waals surface area contributed by atoms with Crippen LogP contribution < -0.4 is 0 Å². The van der Waals surface area contributed by atoms with Crippen molar-refractivity contribution in [1.82, 2.24) is 25.1 Å². The molecule has 26 heavy (non-hydrogen) atoms. The van der Waals surface area contributed by atoms with Crippen molar-refractivity contribution in [2.24, 2.45) is 11.3 Å². The normalized spacial score (nSPS) is 24.8. The third-order valence-electron chi connectivity index (χ3n) is 5.47. The van der Waals surface area contributed by atoms with Crippen molar-refractivity contribution in [3.8, 4) is 5.69 Å². The van der Waals surface area contributed by atoms with Gasteiger partial charge in [-0.15, -0.1) is 5.10 Å². The molecular formula is C18H23N5O3. The number of hydrogen-bond donors (Lipinski definition) is 0. The monoisotopic (exact) mass is 357 g/mol. The number of benzene rings is 1. The van der Waals surface area contributed by atoms with Crippen molar-refractivity contribution >= 4 is 5.91 Å². The Morgan fingerprint density at radius 2 is 2.19 bits per heavy atom. The van der Waals surface area contributed by atoms with Crippen LogP contribution >= 0.6 is 0 Å². The number of aryl methyl sites for hydroxylation is 1. The minimum atomic E-state index is -0.0358. The number of ether oxygens (including phenoxy) is 2. The lowest BCUT2D eigenvalue weighted by Gasteiger charge is -2.26. The van der Waals surface area contributed by atoms with E-state index in [4.69, 9.17) is 9.47 Å². The second kappa shape index (κ2) is 6.77. The zero-order valence-corrected chi connectivity index (χ0v) is 15.1. The van der Waals surface area contributed by atoms with Crippen LogP contribution in [0, 0.1) is 18.3 Å². The van der Waals surface area contributed by atoms with Crippen molar-refractivity contribution in [2.75, 3.05) is 40.0 Å². The summed E-state index contributed by atoms with van der Waals surface area (Å²) in [4.78, 5) is 14.7. The number of likely N-dealkylation sites (tertiary alicyclic amines) is 1. The Morgan fingerprint density at radius 1 is 1.38 bits per heavy atom. The molecule has 2 aliphatic heterocycles. The molecule has 1 aromatic heterocycles. The summed E-state index contributed by atoms with van der Waals surface area (Å²) in [5.41, 5.74) is 1.83. The molecular weight excluding hydrogens is 334 g/mol. The molecule has 8 nitrogen and oxygen atoms in total. The first-order valence-corrected chi connectivity index (χ1v) is 8.80. The van der Waals surface area contributed by atoms with Gasteiger partial charge in [0.25, 0.3) is 0 Å². The summed E-state index contributed by atoms with van der Waals surface area (Å²) in [5.74, 6) is 1.25. The number of carbonyl (C=O) groups is 1. The van der Waals surface area contributed by atoms with Gasteiger partial charge in [-0.05, 0) is 35.0 Å². The minimum absolute atomic E-state index is 0.0358. The van der Waals surface area contributed by atoms with Gasteiger partial charge in [0, 0.05) is 31.5 Å². The van der Waals surface area contributed by atoms with Crippen molar-refractivity contribution in [1.29, 1.82) is 0 Å². The van der Waals surface area contributed by atoms with Crippen LogP contribution in [0.25, 0.3) is 5.69 Å². The van der Waals surface area contributed by atoms with E-state index >= 15 is 0 Å². The molecule has 0 spiro atoms. The van der Waals surface area contributed by atoms with Gasteiger partial charge in [-0.1, -0.05) is 12.1 Å². The zero-order chi connectivity index (χ0) is 18.1. The van der Waals surface area contributed by atoms with E-state index in [1.165, 1.54) is 0 Å². The molecule has 0 bridgehead atoms. The maximum atomic E-state index is 12.8. The molecule has 0 aliphatic carbocycles. The van der Waals surface area contributed by atoms with E-state index in [2.05, 4.69) is 15.5 Å². The van der Waals surface area contributed by atoms with Gasteiger partial charge in [0.05, 0.1) is 31.9 Å². The van der Waals surface area contributed by atoms with E-state index in [-0.39, 0.29) is 11.3 Å². The molecule has 0 N–H and O–H groups in total. The summed E-state index contributed by atoms with van der Waals surface area (Å²) >= 11 is 0. The van der Waals surface area contributed by atoms with Crippen molar-refractivity contribution in [3.63, 3.8) is 0 Å². The smallest absolute Gasteiger partial charge is 0.227 e. The largest absolute Gasteiger partial charge is 0.384 e. The summed E-state index contributed by atoms with van der Waals surface area (Å²) in [7, 11) is 1.71. The van der Waals surface area contributed by atoms with E-state index in [1.807, 2.05) is 36.1 Å². The molecule has 2 fully saturated rings. The van der Waals surface area contributed by atoms with E-state index in [9.17, 15) is 4.79 Å². The van der Waals surface area contributed by atoms with E-state index in [1.54, 1.807) is 11.8 Å². The molecule has 2 aromatic rings. The van der Waals surface area contributed by atoms with Crippen molar-refractivity contribution < 1.29 is 14.3 Å². The van der Waals surface area contributed by atoms with Gasteiger partial charge in [-0.3, -0.25) is 4.79 Å². The number of fused-ring (bicyclic) bond motifs is 1. The second-order valence-corrected chi connectivity index (χ2v) is 7.26. The average molecular weight is 357 g/mol. The first-order chi connectivity index (χ1) is 12.6. The lowest BCUT2D eigenvalue weighted by molar-refractivity contribution is -0.130. The topological polar surface area (TPSA) is 82.4 Å². The van der Waals surface area contributed by atoms with Crippen LogP contribution in [0.5, 0.6) is 0 Å². The molecule has 0 radical (unpaired) electrons. The number of carbonyl (C=O) groups excluding carboxylic acids is 1. The highest BCUT2D eigenvalue weighted by Gasteiger charge is 2.51. The number of amides is 1. The summed E-state index contributed by atoms with van der Waals surface area (Å²) in [6, 6.07) is 7.79. The highest BCUT2D eigenvalue weighted by atomic mass is 16.5. The first-order valence-electron chi connectivity index (χ1n) is 8.80. The molecule has 2 saturated heterocycles. The molecule has 1 aromatic carbocycles. The fourth-order valence-corrected chi connectivity index (χ4v) is 4.03. The zero-order valence-electron chi connectivity index (χ0n) is 15.1. The molecule has 138 valence electrons. The summed E-state index contributed by atoms with van der Waals surface area (Å²) in [5, 5.41) is 11.5. The number of methoxy groups -OCH3 is 1. The van der Waals surface area contributed by atoms with Crippen LogP contribution in [-0.2, 0) is 20.7 Å². The maximum absolute atomic E-state index is 12.8. The van der Waals surface area contributed by atoms with Gasteiger partial charge < -0.3 is 14.4 Å². The molecule has 2 atom stereocenters. The first kappa shape index (κ1) is 17.1. The number of nitrogens with zero attached hydrogens (tertiary/aromatic N) is 5. The SMILES string of the molecule is COC[C@@]12COC[C@@H]1CN(C(=O)Cc1ccc(-n3nnnc3C)cc1)C2. The van der Waals surface area contributed by atoms with Gasteiger partial charge >= 0.3 is 0 Å². The standard InChI is InChI=1S/C18H23N5O3/c1-13-19-20-21-23(13)16-5-3-14(4-6-16)7-17(24)22-8-15-9-26-12-18(15,10-22)11-25-2/h3-6,15H,7-12H2,1-2H3/t15-,18-/m0/s1. The van der Waals surface area contributed by atoms with Crippen molar-refractivity contribution in [3.05, 3.63) is 35.7 Å². The Morgan fingerprint density at radius 3 is 2.88 bits per heavy atom. The van der Waals surface area contributed by atoms with E-state index in [0.29, 0.717) is 38.7 Å². The molecule has 2 aliphatic rings. The molecule has 1 amide bonds. The van der Waals surface area contributed by atoms with E-state index < -0.39 is 0 Å². The quantitative estimate of drug-likeness (QED) is 0.781. The molecule has 3 heterocycles. The van der Waals surface area contributed by atoms with Crippen LogP contribution in [0.1, 0.15) is 11.4 Å². The Hall–Kier alpha value is -2.32. The number of aromatic nitrogens is 4. The maximum Gasteiger partial charge on any atom is 0.227 e. The van der Waals surface area contributed by atoms with Gasteiger partial charge in [-0.2, -0.15) is 4.68 Å². The predicted octanol–water partition coefficient (Wildman–Crippen LogP) is 0.635. The fraction of sp³-hybridized carbons (Fsp3) is 0.556. The number of tetrazole rings is 1. The fourth-order valence-electron chi connectivity index (χ4n) is 4.03. The molecule has 0 saturated carbocycles. The highest BCUT2D eigenvalue weighted by Crippen LogP contribution is 2.41. The molecule has 0 unspecified atom stereocenters. The Balaban J connectivity index is 1.42. The summed E-state index contributed by atoms with van der Waals surface area (Å²) in [6.07, 6.45) is 0.394. The summed E-state index contributed by atoms with van der Waals surface area (Å²) < 4.78 is 12.7. The number of rotatable bonds is 5. The Kier molecular flexibility index (Phi) is 4.46. The van der Waals surface area contributed by atoms with Crippen LogP contribution in [0.2, 0.25) is 0 Å². The third-order valence-corrected chi connectivity index (χ3v) is 5.47. The van der Waals surface area contributed by atoms with Gasteiger partial charge in [0.2, 0.25) is 5.91 Å². The Labute approximate surface area is 152 Å². The van der Waals surface area contributed by atoms with Gasteiger partial charge in [0.15, 0.2) is 5.82 Å². The average Bonchev–Trinajstić information content (AvgIpc) is 3.30. The third kappa shape index (κ3) is 2.99. The lowest BCUT2D eigenvalue weighted by Crippen LogP contribution is -2.37. The summed E-state index contributed by atoms with van der Waals surface area (Å²) in [6.45, 7) is 5.35. The minimum Gasteiger partial charge on any atom is -0.384 e. The molecule has 8 heteroatoms. The van der Waals surface area contributed by atoms with Gasteiger partial charge in [-0.25, -0.2) is 0 Å². The Bertz CT molecular complexity index is 790. The van der Waals surface area contributed by atoms with Crippen LogP contribution in [-0.4, -0.2) is 71.0 Å². The van der Waals surface area contributed by atoms with Gasteiger partial charge in [0.1, 0.15) is 0 Å². The number of hydrogen-bond acceptors (Lipinski definition) is 6. The van der Waals surface area contributed by atoms with Crippen LogP contribution in [0.4, 0.5) is 0 Å². The van der Waals surface area contributed by atoms with E-state index in [0.717, 1.165) is 23.6 Å². The molecule has 4 rings (SSSR count). The van der Waals surface area contributed by atoms with Crippen LogP contribution in [0.3, 0.4) is 0 Å². The predicted molar refractivity (Wildman–Crippen MR) is 92.8 cm³/mol. The highest BCUT2D eigenvalue weighted by molar-refractivity contribution is 5.79. The lowest BCUT2D eigenvalue weighted by atomic mass is 9.82. The second-order valence-electron chi connectivity index (χ2n) is 7.26. The van der Waals surface area contributed by atoms with Crippen LogP contribution in [0.15, 0.2) is 24.3 Å². The van der Waals surface area contributed by atoms with Crippen molar-refractivity contribution in [2.45, 2.75) is 13.3 Å².